The van der Waals surface area contributed by atoms with Crippen molar-refractivity contribution in [2.24, 2.45) is 5.41 Å². The molecule has 1 aromatic carbocycles. The third kappa shape index (κ3) is 4.06. The highest BCUT2D eigenvalue weighted by Gasteiger charge is 2.32. The van der Waals surface area contributed by atoms with Crippen molar-refractivity contribution in [1.82, 2.24) is 0 Å². The Balaban J connectivity index is 3.03. The Morgan fingerprint density at radius 2 is 1.50 bits per heavy atom. The lowest BCUT2D eigenvalue weighted by molar-refractivity contribution is -0.137. The van der Waals surface area contributed by atoms with Gasteiger partial charge in [0.1, 0.15) is 5.75 Å². The first-order valence-electron chi connectivity index (χ1n) is 5.77. The Morgan fingerprint density at radius 1 is 1.05 bits per heavy atom. The SMILES string of the molecule is CC(C)(C)C(=O)CS(=O)(=O)c1ccc(C(F)(F)F)cc1. The molecule has 0 N–H and O–H groups in total. The summed E-state index contributed by atoms with van der Waals surface area (Å²) in [6, 6.07) is 3.12. The molecule has 0 unspecified atom stereocenters. The molecule has 0 saturated heterocycles. The van der Waals surface area contributed by atoms with Gasteiger partial charge in [-0.2, -0.15) is 13.2 Å². The van der Waals surface area contributed by atoms with E-state index in [9.17, 15) is 26.4 Å². The van der Waals surface area contributed by atoms with E-state index in [-0.39, 0.29) is 4.90 Å². The first kappa shape index (κ1) is 16.7. The molecule has 0 aliphatic carbocycles. The summed E-state index contributed by atoms with van der Waals surface area (Å²) in [5.41, 5.74) is -1.75. The molecule has 0 radical (unpaired) electrons. The number of benzene rings is 1. The molecule has 0 heterocycles. The molecule has 0 saturated carbocycles. The summed E-state index contributed by atoms with van der Waals surface area (Å²) in [5.74, 6) is -1.21. The minimum atomic E-state index is -4.52. The van der Waals surface area contributed by atoms with Crippen LogP contribution in [0.5, 0.6) is 0 Å². The number of hydrogen-bond donors (Lipinski definition) is 0. The lowest BCUT2D eigenvalue weighted by Crippen LogP contribution is -2.28. The predicted octanol–water partition coefficient (Wildman–Crippen LogP) is 3.09. The van der Waals surface area contributed by atoms with Gasteiger partial charge in [-0.25, -0.2) is 8.42 Å². The van der Waals surface area contributed by atoms with Crippen molar-refractivity contribution >= 4 is 15.6 Å². The minimum absolute atomic E-state index is 0.289. The van der Waals surface area contributed by atoms with Crippen LogP contribution in [-0.4, -0.2) is 20.0 Å². The van der Waals surface area contributed by atoms with Crippen molar-refractivity contribution in [3.63, 3.8) is 0 Å². The van der Waals surface area contributed by atoms with Gasteiger partial charge in [0.05, 0.1) is 10.5 Å². The molecule has 0 bridgehead atoms. The molecule has 1 rings (SSSR count). The Morgan fingerprint density at radius 3 is 1.85 bits per heavy atom. The monoisotopic (exact) mass is 308 g/mol. The Kier molecular flexibility index (Phi) is 4.34. The van der Waals surface area contributed by atoms with Crippen LogP contribution in [-0.2, 0) is 20.8 Å². The van der Waals surface area contributed by atoms with E-state index in [1.165, 1.54) is 0 Å². The van der Waals surface area contributed by atoms with Gasteiger partial charge in [0, 0.05) is 5.41 Å². The van der Waals surface area contributed by atoms with E-state index in [4.69, 9.17) is 0 Å². The second-order valence-corrected chi connectivity index (χ2v) is 7.44. The smallest absolute Gasteiger partial charge is 0.298 e. The van der Waals surface area contributed by atoms with E-state index < -0.39 is 38.5 Å². The zero-order chi connectivity index (χ0) is 15.8. The maximum atomic E-state index is 12.4. The lowest BCUT2D eigenvalue weighted by Gasteiger charge is -2.16. The molecule has 7 heteroatoms. The predicted molar refractivity (Wildman–Crippen MR) is 68.0 cm³/mol. The van der Waals surface area contributed by atoms with Crippen LogP contribution in [0.2, 0.25) is 0 Å². The normalized spacial score (nSPS) is 13.3. The molecular weight excluding hydrogens is 293 g/mol. The number of carbonyl (C=O) groups excluding carboxylic acids is 1. The van der Waals surface area contributed by atoms with E-state index in [2.05, 4.69) is 0 Å². The van der Waals surface area contributed by atoms with Gasteiger partial charge in [-0.1, -0.05) is 20.8 Å². The average molecular weight is 308 g/mol. The first-order chi connectivity index (χ1) is 8.84. The molecule has 1 aromatic rings. The van der Waals surface area contributed by atoms with Crippen LogP contribution in [0.3, 0.4) is 0 Å². The van der Waals surface area contributed by atoms with Gasteiger partial charge < -0.3 is 0 Å². The molecule has 0 aliphatic heterocycles. The molecule has 3 nitrogen and oxygen atoms in total. The summed E-state index contributed by atoms with van der Waals surface area (Å²) in [6.45, 7) is 4.74. The van der Waals surface area contributed by atoms with Gasteiger partial charge >= 0.3 is 6.18 Å². The minimum Gasteiger partial charge on any atom is -0.298 e. The zero-order valence-electron chi connectivity index (χ0n) is 11.3. The number of carbonyl (C=O) groups is 1. The van der Waals surface area contributed by atoms with Crippen LogP contribution in [0, 0.1) is 5.41 Å². The Bertz CT molecular complexity index is 593. The second kappa shape index (κ2) is 5.20. The molecule has 0 spiro atoms. The Hall–Kier alpha value is -1.37. The van der Waals surface area contributed by atoms with Crippen LogP contribution in [0.1, 0.15) is 26.3 Å². The number of hydrogen-bond acceptors (Lipinski definition) is 3. The number of ketones is 1. The second-order valence-electron chi connectivity index (χ2n) is 5.45. The quantitative estimate of drug-likeness (QED) is 0.862. The highest BCUT2D eigenvalue weighted by Crippen LogP contribution is 2.30. The van der Waals surface area contributed by atoms with Gasteiger partial charge in [-0.05, 0) is 24.3 Å². The van der Waals surface area contributed by atoms with Crippen molar-refractivity contribution in [1.29, 1.82) is 0 Å². The van der Waals surface area contributed by atoms with Crippen molar-refractivity contribution < 1.29 is 26.4 Å². The van der Waals surface area contributed by atoms with E-state index in [0.29, 0.717) is 12.1 Å². The van der Waals surface area contributed by atoms with E-state index >= 15 is 0 Å². The third-order valence-corrected chi connectivity index (χ3v) is 4.33. The molecule has 0 atom stereocenters. The zero-order valence-corrected chi connectivity index (χ0v) is 12.1. The summed E-state index contributed by atoms with van der Waals surface area (Å²) >= 11 is 0. The van der Waals surface area contributed by atoms with Gasteiger partial charge in [-0.3, -0.25) is 4.79 Å². The Labute approximate surface area is 115 Å². The highest BCUT2D eigenvalue weighted by molar-refractivity contribution is 7.92. The topological polar surface area (TPSA) is 51.2 Å². The maximum Gasteiger partial charge on any atom is 0.416 e. The van der Waals surface area contributed by atoms with Crippen molar-refractivity contribution in [3.8, 4) is 0 Å². The van der Waals surface area contributed by atoms with Gasteiger partial charge in [0.2, 0.25) is 0 Å². The van der Waals surface area contributed by atoms with Gasteiger partial charge in [0.25, 0.3) is 0 Å². The molecule has 20 heavy (non-hydrogen) atoms. The maximum absolute atomic E-state index is 12.4. The molecule has 112 valence electrons. The summed E-state index contributed by atoms with van der Waals surface area (Å²) in [7, 11) is -3.92. The lowest BCUT2D eigenvalue weighted by atomic mass is 9.92. The van der Waals surface area contributed by atoms with Gasteiger partial charge in [-0.15, -0.1) is 0 Å². The number of halogens is 3. The fourth-order valence-corrected chi connectivity index (χ4v) is 2.82. The fraction of sp³-hybridized carbons (Fsp3) is 0.462. The van der Waals surface area contributed by atoms with E-state index in [0.717, 1.165) is 12.1 Å². The van der Waals surface area contributed by atoms with Crippen LogP contribution in [0.15, 0.2) is 29.2 Å². The molecule has 0 amide bonds. The van der Waals surface area contributed by atoms with Crippen LogP contribution in [0.25, 0.3) is 0 Å². The summed E-state index contributed by atoms with van der Waals surface area (Å²) in [4.78, 5) is 11.4. The fourth-order valence-electron chi connectivity index (χ4n) is 1.32. The number of rotatable bonds is 3. The average Bonchev–Trinajstić information content (AvgIpc) is 2.26. The third-order valence-electron chi connectivity index (χ3n) is 2.70. The van der Waals surface area contributed by atoms with E-state index in [1.54, 1.807) is 20.8 Å². The summed E-state index contributed by atoms with van der Waals surface area (Å²) < 4.78 is 61.0. The molecular formula is C13H15F3O3S. The number of sulfone groups is 1. The summed E-state index contributed by atoms with van der Waals surface area (Å²) in [5, 5.41) is 0. The largest absolute Gasteiger partial charge is 0.416 e. The van der Waals surface area contributed by atoms with Crippen LogP contribution >= 0.6 is 0 Å². The standard InChI is InChI=1S/C13H15F3O3S/c1-12(2,3)11(17)8-20(18,19)10-6-4-9(5-7-10)13(14,15)16/h4-7H,8H2,1-3H3. The summed E-state index contributed by atoms with van der Waals surface area (Å²) in [6.07, 6.45) is -4.52. The van der Waals surface area contributed by atoms with Gasteiger partial charge in [0.15, 0.2) is 15.6 Å². The van der Waals surface area contributed by atoms with Crippen molar-refractivity contribution in [2.75, 3.05) is 5.75 Å². The van der Waals surface area contributed by atoms with Crippen molar-refractivity contribution in [2.45, 2.75) is 31.8 Å². The van der Waals surface area contributed by atoms with Crippen molar-refractivity contribution in [3.05, 3.63) is 29.8 Å². The van der Waals surface area contributed by atoms with Crippen LogP contribution < -0.4 is 0 Å². The van der Waals surface area contributed by atoms with E-state index in [1.807, 2.05) is 0 Å². The number of Topliss-reactive ketones (excluding diaryl/α,β-unsaturated/α-hetero) is 1. The molecule has 0 aliphatic rings. The molecule has 0 aromatic heterocycles. The van der Waals surface area contributed by atoms with Crippen LogP contribution in [0.4, 0.5) is 13.2 Å². The number of alkyl halides is 3. The first-order valence-corrected chi connectivity index (χ1v) is 7.42. The molecule has 0 fully saturated rings. The highest BCUT2D eigenvalue weighted by atomic mass is 32.2.